The molecule has 1 unspecified atom stereocenters. The molecular weight excluding hydrogens is 246 g/mol. The van der Waals surface area contributed by atoms with Crippen molar-refractivity contribution in [3.05, 3.63) is 28.8 Å². The minimum Gasteiger partial charge on any atom is -0.487 e. The van der Waals surface area contributed by atoms with Gasteiger partial charge < -0.3 is 10.1 Å². The van der Waals surface area contributed by atoms with Gasteiger partial charge in [0.2, 0.25) is 0 Å². The van der Waals surface area contributed by atoms with E-state index in [1.165, 1.54) is 24.8 Å². The van der Waals surface area contributed by atoms with Crippen LogP contribution in [0.4, 0.5) is 0 Å². The highest BCUT2D eigenvalue weighted by atomic mass is 35.5. The predicted molar refractivity (Wildman–Crippen MR) is 74.3 cm³/mol. The van der Waals surface area contributed by atoms with Crippen molar-refractivity contribution in [2.75, 3.05) is 6.54 Å². The van der Waals surface area contributed by atoms with Gasteiger partial charge in [-0.15, -0.1) is 0 Å². The Labute approximate surface area is 114 Å². The van der Waals surface area contributed by atoms with Crippen molar-refractivity contribution in [2.24, 2.45) is 0 Å². The second-order valence-electron chi connectivity index (χ2n) is 5.53. The molecule has 1 N–H and O–H groups in total. The average molecular weight is 266 g/mol. The third-order valence-electron chi connectivity index (χ3n) is 4.16. The number of halogens is 1. The van der Waals surface area contributed by atoms with Crippen LogP contribution in [0.1, 0.15) is 50.6 Å². The molecule has 2 nitrogen and oxygen atoms in total. The molecule has 1 aliphatic heterocycles. The van der Waals surface area contributed by atoms with E-state index in [0.717, 1.165) is 30.2 Å². The predicted octanol–water partition coefficient (Wildman–Crippen LogP) is 4.09. The Balaban J connectivity index is 1.90. The van der Waals surface area contributed by atoms with Crippen LogP contribution in [0.15, 0.2) is 18.2 Å². The molecule has 0 aromatic heterocycles. The maximum absolute atomic E-state index is 6.22. The summed E-state index contributed by atoms with van der Waals surface area (Å²) in [5.41, 5.74) is 1.33. The molecule has 3 heteroatoms. The van der Waals surface area contributed by atoms with Crippen LogP contribution in [0.5, 0.6) is 5.75 Å². The number of hydrogen-bond acceptors (Lipinski definition) is 2. The lowest BCUT2D eigenvalue weighted by Gasteiger charge is -2.48. The van der Waals surface area contributed by atoms with E-state index in [2.05, 4.69) is 18.3 Å². The van der Waals surface area contributed by atoms with Crippen LogP contribution in [-0.2, 0) is 0 Å². The van der Waals surface area contributed by atoms with E-state index in [9.17, 15) is 0 Å². The van der Waals surface area contributed by atoms with Gasteiger partial charge in [-0.2, -0.15) is 0 Å². The molecule has 1 fully saturated rings. The van der Waals surface area contributed by atoms with Crippen LogP contribution < -0.4 is 10.1 Å². The van der Waals surface area contributed by atoms with Crippen LogP contribution in [0.25, 0.3) is 0 Å². The summed E-state index contributed by atoms with van der Waals surface area (Å²) < 4.78 is 6.22. The number of benzene rings is 1. The van der Waals surface area contributed by atoms with Gasteiger partial charge in [0.25, 0.3) is 0 Å². The fourth-order valence-corrected chi connectivity index (χ4v) is 3.20. The van der Waals surface area contributed by atoms with Gasteiger partial charge in [0.1, 0.15) is 11.4 Å². The quantitative estimate of drug-likeness (QED) is 0.889. The van der Waals surface area contributed by atoms with E-state index in [4.69, 9.17) is 16.3 Å². The van der Waals surface area contributed by atoms with Crippen LogP contribution >= 0.6 is 11.6 Å². The zero-order valence-corrected chi connectivity index (χ0v) is 11.6. The Hall–Kier alpha value is -0.730. The minimum absolute atomic E-state index is 0.103. The lowest BCUT2D eigenvalue weighted by Crippen LogP contribution is -2.49. The van der Waals surface area contributed by atoms with Gasteiger partial charge in [0.15, 0.2) is 0 Å². The number of nitrogens with one attached hydrogen (secondary N) is 1. The Morgan fingerprint density at radius 1 is 1.44 bits per heavy atom. The van der Waals surface area contributed by atoms with Crippen LogP contribution in [-0.4, -0.2) is 12.1 Å². The molecular formula is C15H20ClNO. The van der Waals surface area contributed by atoms with Crippen LogP contribution in [0.2, 0.25) is 5.02 Å². The molecule has 98 valence electrons. The molecule has 1 aromatic rings. The van der Waals surface area contributed by atoms with Gasteiger partial charge in [-0.25, -0.2) is 0 Å². The van der Waals surface area contributed by atoms with Crippen LogP contribution in [0, 0.1) is 0 Å². The van der Waals surface area contributed by atoms with Crippen molar-refractivity contribution in [1.82, 2.24) is 5.32 Å². The third kappa shape index (κ3) is 2.12. The zero-order valence-electron chi connectivity index (χ0n) is 10.8. The fourth-order valence-electron chi connectivity index (χ4n) is 3.02. The monoisotopic (exact) mass is 265 g/mol. The summed E-state index contributed by atoms with van der Waals surface area (Å²) in [5.74, 6) is 1.03. The second-order valence-corrected chi connectivity index (χ2v) is 5.97. The number of hydrogen-bond donors (Lipinski definition) is 1. The molecule has 1 spiro atoms. The van der Waals surface area contributed by atoms with Crippen molar-refractivity contribution in [3.63, 3.8) is 0 Å². The first-order valence-corrected chi connectivity index (χ1v) is 7.32. The van der Waals surface area contributed by atoms with E-state index in [0.29, 0.717) is 6.04 Å². The van der Waals surface area contributed by atoms with Crippen molar-refractivity contribution in [1.29, 1.82) is 0 Å². The molecule has 1 atom stereocenters. The van der Waals surface area contributed by atoms with Gasteiger partial charge in [-0.1, -0.05) is 18.5 Å². The molecule has 1 heterocycles. The van der Waals surface area contributed by atoms with Crippen molar-refractivity contribution in [2.45, 2.75) is 50.7 Å². The molecule has 0 bridgehead atoms. The van der Waals surface area contributed by atoms with E-state index in [1.54, 1.807) is 0 Å². The number of fused-ring (bicyclic) bond motifs is 1. The summed E-state index contributed by atoms with van der Waals surface area (Å²) in [6.45, 7) is 3.25. The molecule has 18 heavy (non-hydrogen) atoms. The lowest BCUT2D eigenvalue weighted by molar-refractivity contribution is -0.0368. The van der Waals surface area contributed by atoms with E-state index in [1.807, 2.05) is 12.1 Å². The van der Waals surface area contributed by atoms with Crippen molar-refractivity contribution in [3.8, 4) is 5.75 Å². The smallest absolute Gasteiger partial charge is 0.125 e. The number of rotatable bonds is 3. The molecule has 0 saturated heterocycles. The topological polar surface area (TPSA) is 21.3 Å². The summed E-state index contributed by atoms with van der Waals surface area (Å²) in [4.78, 5) is 0. The molecule has 3 rings (SSSR count). The summed E-state index contributed by atoms with van der Waals surface area (Å²) in [6, 6.07) is 6.40. The first-order chi connectivity index (χ1) is 8.72. The maximum Gasteiger partial charge on any atom is 0.125 e. The summed E-state index contributed by atoms with van der Waals surface area (Å²) >= 11 is 6.11. The first kappa shape index (κ1) is 12.3. The molecule has 1 saturated carbocycles. The molecule has 0 amide bonds. The van der Waals surface area contributed by atoms with E-state index >= 15 is 0 Å². The third-order valence-corrected chi connectivity index (χ3v) is 4.39. The fraction of sp³-hybridized carbons (Fsp3) is 0.600. The lowest BCUT2D eigenvalue weighted by atomic mass is 9.73. The Morgan fingerprint density at radius 3 is 2.94 bits per heavy atom. The van der Waals surface area contributed by atoms with E-state index < -0.39 is 0 Å². The van der Waals surface area contributed by atoms with Gasteiger partial charge >= 0.3 is 0 Å². The Bertz CT molecular complexity index is 442. The Kier molecular flexibility index (Phi) is 3.25. The second kappa shape index (κ2) is 4.75. The Morgan fingerprint density at radius 2 is 2.28 bits per heavy atom. The van der Waals surface area contributed by atoms with Gasteiger partial charge in [0.05, 0.1) is 0 Å². The molecule has 1 aromatic carbocycles. The van der Waals surface area contributed by atoms with Crippen molar-refractivity contribution < 1.29 is 4.74 Å². The highest BCUT2D eigenvalue weighted by Gasteiger charge is 2.45. The van der Waals surface area contributed by atoms with E-state index in [-0.39, 0.29) is 5.60 Å². The van der Waals surface area contributed by atoms with Crippen molar-refractivity contribution >= 4 is 11.6 Å². The zero-order chi connectivity index (χ0) is 12.6. The summed E-state index contributed by atoms with van der Waals surface area (Å²) in [6.07, 6.45) is 5.92. The maximum atomic E-state index is 6.22. The summed E-state index contributed by atoms with van der Waals surface area (Å²) in [5, 5.41) is 4.44. The summed E-state index contributed by atoms with van der Waals surface area (Å²) in [7, 11) is 0. The minimum atomic E-state index is 0.103. The van der Waals surface area contributed by atoms with Crippen LogP contribution in [0.3, 0.4) is 0 Å². The highest BCUT2D eigenvalue weighted by Crippen LogP contribution is 2.49. The van der Waals surface area contributed by atoms with Gasteiger partial charge in [-0.05, 0) is 50.4 Å². The average Bonchev–Trinajstić information content (AvgIpc) is 2.34. The molecule has 2 aliphatic rings. The van der Waals surface area contributed by atoms with Gasteiger partial charge in [0, 0.05) is 23.0 Å². The first-order valence-electron chi connectivity index (χ1n) is 6.94. The SMILES string of the molecule is CCCNC1CC2(CCC2)Oc2ccc(Cl)cc21. The molecule has 1 aliphatic carbocycles. The largest absolute Gasteiger partial charge is 0.487 e. The molecule has 0 radical (unpaired) electrons. The number of ether oxygens (including phenoxy) is 1. The normalized spacial score (nSPS) is 24.2. The highest BCUT2D eigenvalue weighted by molar-refractivity contribution is 6.30. The standard InChI is InChI=1S/C15H20ClNO/c1-2-8-17-13-10-15(6-3-7-15)18-14-5-4-11(16)9-12(13)14/h4-5,9,13,17H,2-3,6-8,10H2,1H3. The van der Waals surface area contributed by atoms with Gasteiger partial charge in [-0.3, -0.25) is 0 Å².